The van der Waals surface area contributed by atoms with Crippen molar-refractivity contribution >= 4 is 42.7 Å². The molecule has 0 bridgehead atoms. The quantitative estimate of drug-likeness (QED) is 0.778. The fraction of sp³-hybridized carbons (Fsp3) is 0. The lowest BCUT2D eigenvalue weighted by molar-refractivity contribution is 0.0992. The summed E-state index contributed by atoms with van der Waals surface area (Å²) in [5.41, 5.74) is 10.6. The number of halogens is 2. The minimum Gasteiger partial charge on any atom is -0.526 e. The third-order valence-electron chi connectivity index (χ3n) is 2.77. The van der Waals surface area contributed by atoms with Crippen molar-refractivity contribution in [3.8, 4) is 11.5 Å². The number of hydrogen-bond donors (Lipinski definition) is 2. The first-order chi connectivity index (χ1) is 10.9. The van der Waals surface area contributed by atoms with Crippen molar-refractivity contribution < 1.29 is 18.9 Å². The lowest BCUT2D eigenvalue weighted by atomic mass is 10.2. The molecule has 0 saturated carbocycles. The molecule has 0 atom stereocenters. The van der Waals surface area contributed by atoms with E-state index in [0.29, 0.717) is 11.5 Å². The minimum atomic E-state index is -0.676. The van der Waals surface area contributed by atoms with Crippen LogP contribution in [0.25, 0.3) is 0 Å². The molecule has 6 nitrogen and oxygen atoms in total. The van der Waals surface area contributed by atoms with Gasteiger partial charge in [-0.15, -0.1) is 0 Å². The van der Waals surface area contributed by atoms with Crippen LogP contribution in [0.5, 0.6) is 11.5 Å². The summed E-state index contributed by atoms with van der Waals surface area (Å²) in [7, 11) is 1.02. The highest BCUT2D eigenvalue weighted by atomic mass is 35.5. The first-order valence-corrected chi connectivity index (χ1v) is 6.98. The van der Waals surface area contributed by atoms with Crippen molar-refractivity contribution in [1.82, 2.24) is 0 Å². The van der Waals surface area contributed by atoms with Crippen molar-refractivity contribution in [3.05, 3.63) is 57.6 Å². The van der Waals surface area contributed by atoms with Crippen LogP contribution in [0.4, 0.5) is 0 Å². The van der Waals surface area contributed by atoms with E-state index < -0.39 is 11.8 Å². The molecule has 0 aliphatic heterocycles. The molecule has 0 spiro atoms. The lowest BCUT2D eigenvalue weighted by Crippen LogP contribution is -2.15. The number of amides is 2. The van der Waals surface area contributed by atoms with E-state index in [1.807, 2.05) is 0 Å². The van der Waals surface area contributed by atoms with Crippen LogP contribution in [0.15, 0.2) is 36.4 Å². The van der Waals surface area contributed by atoms with Crippen LogP contribution in [0.2, 0.25) is 10.0 Å². The molecular weight excluding hydrogens is 342 g/mol. The molecule has 0 fully saturated rings. The van der Waals surface area contributed by atoms with Gasteiger partial charge in [-0.05, 0) is 36.4 Å². The molecular formula is C14H10BCl2N2O4. The van der Waals surface area contributed by atoms with E-state index in [1.54, 1.807) is 0 Å². The molecule has 0 saturated heterocycles. The number of benzene rings is 2. The lowest BCUT2D eigenvalue weighted by Gasteiger charge is -2.09. The Morgan fingerprint density at radius 1 is 0.826 bits per heavy atom. The van der Waals surface area contributed by atoms with E-state index >= 15 is 0 Å². The van der Waals surface area contributed by atoms with Crippen LogP contribution >= 0.6 is 23.2 Å². The SMILES string of the molecule is NC(=O)c1cc(O[B]Oc2ccc(Cl)c(C(N)=O)c2)ccc1Cl. The van der Waals surface area contributed by atoms with Crippen molar-refractivity contribution in [2.45, 2.75) is 0 Å². The van der Waals surface area contributed by atoms with E-state index in [0.717, 1.165) is 7.69 Å². The molecule has 0 aliphatic carbocycles. The third kappa shape index (κ3) is 4.31. The predicted octanol–water partition coefficient (Wildman–Crippen LogP) is 2.18. The highest BCUT2D eigenvalue weighted by Crippen LogP contribution is 2.23. The van der Waals surface area contributed by atoms with Crippen molar-refractivity contribution in [3.63, 3.8) is 0 Å². The van der Waals surface area contributed by atoms with Gasteiger partial charge in [-0.1, -0.05) is 23.2 Å². The molecule has 9 heteroatoms. The van der Waals surface area contributed by atoms with E-state index in [1.165, 1.54) is 36.4 Å². The summed E-state index contributed by atoms with van der Waals surface area (Å²) >= 11 is 11.7. The summed E-state index contributed by atoms with van der Waals surface area (Å²) in [6.45, 7) is 0. The van der Waals surface area contributed by atoms with Gasteiger partial charge in [-0.2, -0.15) is 0 Å². The second kappa shape index (κ2) is 7.26. The first kappa shape index (κ1) is 17.0. The van der Waals surface area contributed by atoms with Gasteiger partial charge in [0.15, 0.2) is 0 Å². The van der Waals surface area contributed by atoms with Gasteiger partial charge in [-0.3, -0.25) is 9.59 Å². The molecule has 2 aromatic rings. The second-order valence-electron chi connectivity index (χ2n) is 4.34. The molecule has 0 aromatic heterocycles. The number of carbonyl (C=O) groups excluding carboxylic acids is 2. The van der Waals surface area contributed by atoms with E-state index in [4.69, 9.17) is 44.0 Å². The topological polar surface area (TPSA) is 105 Å². The molecule has 23 heavy (non-hydrogen) atoms. The smallest absolute Gasteiger partial charge is 0.526 e. The van der Waals surface area contributed by atoms with Crippen LogP contribution in [0.1, 0.15) is 20.7 Å². The molecule has 4 N–H and O–H groups in total. The molecule has 2 aromatic carbocycles. The Morgan fingerprint density at radius 2 is 1.22 bits per heavy atom. The molecule has 0 heterocycles. The highest BCUT2D eigenvalue weighted by Gasteiger charge is 2.11. The van der Waals surface area contributed by atoms with Gasteiger partial charge < -0.3 is 20.8 Å². The van der Waals surface area contributed by atoms with Gasteiger partial charge >= 0.3 is 7.69 Å². The number of nitrogens with two attached hydrogens (primary N) is 2. The van der Waals surface area contributed by atoms with Crippen LogP contribution in [-0.4, -0.2) is 19.5 Å². The van der Waals surface area contributed by atoms with Gasteiger partial charge in [-0.25, -0.2) is 0 Å². The average Bonchev–Trinajstić information content (AvgIpc) is 2.50. The van der Waals surface area contributed by atoms with Crippen LogP contribution < -0.4 is 20.8 Å². The Balaban J connectivity index is 2.03. The zero-order valence-electron chi connectivity index (χ0n) is 11.6. The number of rotatable bonds is 6. The molecule has 1 radical (unpaired) electrons. The van der Waals surface area contributed by atoms with Crippen molar-refractivity contribution in [2.75, 3.05) is 0 Å². The fourth-order valence-corrected chi connectivity index (χ4v) is 2.09. The number of primary amides is 2. The normalized spacial score (nSPS) is 10.0. The summed E-state index contributed by atoms with van der Waals surface area (Å²) < 4.78 is 10.4. The number of hydrogen-bond acceptors (Lipinski definition) is 4. The summed E-state index contributed by atoms with van der Waals surface area (Å²) in [4.78, 5) is 22.4. The third-order valence-corrected chi connectivity index (χ3v) is 3.43. The summed E-state index contributed by atoms with van der Waals surface area (Å²) in [5, 5.41) is 0.434. The molecule has 117 valence electrons. The summed E-state index contributed by atoms with van der Waals surface area (Å²) in [6, 6.07) is 8.76. The standard InChI is InChI=1S/C14H10BCl2N2O4/c16-11-3-1-7(5-9(11)13(18)20)22-15-23-8-2-4-12(17)10(6-8)14(19)21/h1-6H,(H2,18,20)(H2,19,21). The summed E-state index contributed by atoms with van der Waals surface area (Å²) in [6.07, 6.45) is 0. The van der Waals surface area contributed by atoms with Crippen LogP contribution in [0, 0.1) is 0 Å². The fourth-order valence-electron chi connectivity index (χ4n) is 1.67. The Labute approximate surface area is 142 Å². The van der Waals surface area contributed by atoms with Gasteiger partial charge in [0.05, 0.1) is 21.2 Å². The van der Waals surface area contributed by atoms with Gasteiger partial charge in [0.1, 0.15) is 11.5 Å². The molecule has 0 unspecified atom stereocenters. The van der Waals surface area contributed by atoms with E-state index in [2.05, 4.69) is 0 Å². The maximum Gasteiger partial charge on any atom is 0.658 e. The number of carbonyl (C=O) groups is 2. The Bertz CT molecular complexity index is 707. The average molecular weight is 352 g/mol. The monoisotopic (exact) mass is 351 g/mol. The predicted molar refractivity (Wildman–Crippen MR) is 86.9 cm³/mol. The van der Waals surface area contributed by atoms with Gasteiger partial charge in [0.2, 0.25) is 11.8 Å². The minimum absolute atomic E-state index is 0.125. The van der Waals surface area contributed by atoms with Crippen LogP contribution in [0.3, 0.4) is 0 Å². The zero-order valence-corrected chi connectivity index (χ0v) is 13.1. The molecule has 2 amide bonds. The molecule has 0 aliphatic rings. The van der Waals surface area contributed by atoms with Gasteiger partial charge in [0, 0.05) is 0 Å². The van der Waals surface area contributed by atoms with Crippen molar-refractivity contribution in [1.29, 1.82) is 0 Å². The Hall–Kier alpha value is -2.38. The Morgan fingerprint density at radius 3 is 1.57 bits per heavy atom. The second-order valence-corrected chi connectivity index (χ2v) is 5.16. The Kier molecular flexibility index (Phi) is 5.36. The van der Waals surface area contributed by atoms with Crippen LogP contribution in [-0.2, 0) is 0 Å². The maximum absolute atomic E-state index is 11.2. The van der Waals surface area contributed by atoms with E-state index in [-0.39, 0.29) is 21.2 Å². The zero-order chi connectivity index (χ0) is 17.0. The van der Waals surface area contributed by atoms with E-state index in [9.17, 15) is 9.59 Å². The maximum atomic E-state index is 11.2. The summed E-state index contributed by atoms with van der Waals surface area (Å²) in [5.74, 6) is -0.755. The van der Waals surface area contributed by atoms with Gasteiger partial charge in [0.25, 0.3) is 0 Å². The largest absolute Gasteiger partial charge is 0.658 e. The molecule has 2 rings (SSSR count). The first-order valence-electron chi connectivity index (χ1n) is 6.22. The highest BCUT2D eigenvalue weighted by molar-refractivity contribution is 6.34. The van der Waals surface area contributed by atoms with Crippen molar-refractivity contribution in [2.24, 2.45) is 11.5 Å².